The molecule has 0 unspecified atom stereocenters. The summed E-state index contributed by atoms with van der Waals surface area (Å²) in [7, 11) is 0. The average Bonchev–Trinajstić information content (AvgIpc) is 3.11. The van der Waals surface area contributed by atoms with Crippen LogP contribution in [0.3, 0.4) is 0 Å². The van der Waals surface area contributed by atoms with Gasteiger partial charge in [-0.1, -0.05) is 51.9 Å². The molecule has 0 radical (unpaired) electrons. The van der Waals surface area contributed by atoms with Crippen LogP contribution in [0, 0.1) is 5.82 Å². The maximum atomic E-state index is 13.5. The van der Waals surface area contributed by atoms with Crippen LogP contribution in [0.2, 0.25) is 0 Å². The maximum absolute atomic E-state index is 13.5. The highest BCUT2D eigenvalue weighted by molar-refractivity contribution is 8.00. The molecule has 2 heterocycles. The van der Waals surface area contributed by atoms with Gasteiger partial charge in [0.05, 0.1) is 30.0 Å². The Morgan fingerprint density at radius 2 is 1.90 bits per heavy atom. The molecule has 2 rings (SSSR count). The van der Waals surface area contributed by atoms with Crippen LogP contribution in [0.4, 0.5) is 9.18 Å². The van der Waals surface area contributed by atoms with Gasteiger partial charge in [0.15, 0.2) is 0 Å². The number of unbranched alkanes of at least 4 members (excludes halogenated alkanes) is 7. The third kappa shape index (κ3) is 7.46. The largest absolute Gasteiger partial charge is 0.508 e. The Kier molecular flexibility index (Phi) is 10.4. The number of carbonyl (C=O) groups is 1. The van der Waals surface area contributed by atoms with Crippen molar-refractivity contribution >= 4 is 17.9 Å². The summed E-state index contributed by atoms with van der Waals surface area (Å²) in [6, 6.07) is 0. The number of H-pyrrole nitrogens is 1. The lowest BCUT2D eigenvalue weighted by Gasteiger charge is -2.16. The highest BCUT2D eigenvalue weighted by Crippen LogP contribution is 2.42. The molecule has 2 N–H and O–H groups in total. The van der Waals surface area contributed by atoms with Crippen molar-refractivity contribution in [3.05, 3.63) is 32.9 Å². The number of hydrogen-bond donors (Lipinski definition) is 2. The molecule has 1 aliphatic heterocycles. The molecule has 0 saturated carbocycles. The van der Waals surface area contributed by atoms with Gasteiger partial charge in [0.25, 0.3) is 5.56 Å². The van der Waals surface area contributed by atoms with E-state index < -0.39 is 39.9 Å². The summed E-state index contributed by atoms with van der Waals surface area (Å²) in [6.07, 6.45) is 8.58. The lowest BCUT2D eigenvalue weighted by Crippen LogP contribution is -2.33. The Hall–Kier alpha value is -1.81. The summed E-state index contributed by atoms with van der Waals surface area (Å²) < 4.78 is 25.0. The van der Waals surface area contributed by atoms with Crippen molar-refractivity contribution in [2.75, 3.05) is 13.2 Å². The van der Waals surface area contributed by atoms with Gasteiger partial charge in [-0.15, -0.1) is 11.8 Å². The zero-order valence-corrected chi connectivity index (χ0v) is 18.1. The van der Waals surface area contributed by atoms with E-state index in [4.69, 9.17) is 9.47 Å². The lowest BCUT2D eigenvalue weighted by atomic mass is 10.1. The van der Waals surface area contributed by atoms with Crippen molar-refractivity contribution in [2.24, 2.45) is 0 Å². The zero-order valence-electron chi connectivity index (χ0n) is 17.3. The summed E-state index contributed by atoms with van der Waals surface area (Å²) in [4.78, 5) is 37.0. The Balaban J connectivity index is 1.74. The second kappa shape index (κ2) is 12.8. The van der Waals surface area contributed by atoms with Crippen molar-refractivity contribution < 1.29 is 23.8 Å². The smallest absolute Gasteiger partial charge is 0.434 e. The first-order valence-corrected chi connectivity index (χ1v) is 11.5. The van der Waals surface area contributed by atoms with Gasteiger partial charge >= 0.3 is 11.8 Å². The minimum atomic E-state index is -1.09. The molecule has 0 aromatic carbocycles. The molecule has 1 aliphatic rings. The number of hydrogen-bond acceptors (Lipinski definition) is 7. The number of aromatic amines is 1. The fraction of sp³-hybridized carbons (Fsp3) is 0.750. The number of thioether (sulfide) groups is 1. The van der Waals surface area contributed by atoms with E-state index in [1.807, 2.05) is 4.98 Å². The Labute approximate surface area is 179 Å². The van der Waals surface area contributed by atoms with E-state index in [9.17, 15) is 23.9 Å². The normalized spacial score (nSPS) is 21.0. The van der Waals surface area contributed by atoms with Crippen LogP contribution in [0.25, 0.3) is 0 Å². The molecule has 1 aromatic heterocycles. The van der Waals surface area contributed by atoms with Crippen molar-refractivity contribution in [1.82, 2.24) is 9.55 Å². The number of halogens is 1. The van der Waals surface area contributed by atoms with E-state index in [1.165, 1.54) is 43.9 Å². The summed E-state index contributed by atoms with van der Waals surface area (Å²) in [5.41, 5.74) is -1.84. The minimum absolute atomic E-state index is 0.189. The summed E-state index contributed by atoms with van der Waals surface area (Å²) in [5.74, 6) is -1.08. The van der Waals surface area contributed by atoms with Crippen LogP contribution < -0.4 is 11.2 Å². The number of nitrogens with one attached hydrogen (secondary N) is 1. The fourth-order valence-electron chi connectivity index (χ4n) is 3.38. The predicted octanol–water partition coefficient (Wildman–Crippen LogP) is 3.33. The molecule has 0 aliphatic carbocycles. The van der Waals surface area contributed by atoms with E-state index in [0.29, 0.717) is 0 Å². The highest BCUT2D eigenvalue weighted by Gasteiger charge is 2.39. The van der Waals surface area contributed by atoms with Gasteiger partial charge in [0.2, 0.25) is 5.82 Å². The molecule has 0 bridgehead atoms. The second-order valence-electron chi connectivity index (χ2n) is 7.42. The van der Waals surface area contributed by atoms with Crippen molar-refractivity contribution in [3.63, 3.8) is 0 Å². The van der Waals surface area contributed by atoms with Crippen LogP contribution in [-0.2, 0) is 9.47 Å². The number of aromatic nitrogens is 2. The van der Waals surface area contributed by atoms with E-state index in [-0.39, 0.29) is 19.6 Å². The van der Waals surface area contributed by atoms with Gasteiger partial charge in [-0.05, 0) is 6.42 Å². The SMILES string of the molecule is CCCCCCCCCCOC(=O)O[C@H]1C[C@H](n2cc(F)c(=O)[nH]c2=O)S[C@@H]1CO. The van der Waals surface area contributed by atoms with Gasteiger partial charge in [0.1, 0.15) is 6.10 Å². The number of aliphatic hydroxyl groups excluding tert-OH is 1. The first-order valence-electron chi connectivity index (χ1n) is 10.6. The van der Waals surface area contributed by atoms with E-state index >= 15 is 0 Å². The van der Waals surface area contributed by atoms with Gasteiger partial charge < -0.3 is 14.6 Å². The van der Waals surface area contributed by atoms with Crippen molar-refractivity contribution in [3.8, 4) is 0 Å². The predicted molar refractivity (Wildman–Crippen MR) is 112 cm³/mol. The first-order chi connectivity index (χ1) is 14.5. The number of nitrogens with zero attached hydrogens (tertiary/aromatic N) is 1. The Morgan fingerprint density at radius 1 is 1.23 bits per heavy atom. The van der Waals surface area contributed by atoms with Crippen LogP contribution >= 0.6 is 11.8 Å². The van der Waals surface area contributed by atoms with Crippen LogP contribution in [-0.4, -0.2) is 45.4 Å². The van der Waals surface area contributed by atoms with Crippen LogP contribution in [0.1, 0.15) is 70.1 Å². The van der Waals surface area contributed by atoms with Gasteiger partial charge in [-0.25, -0.2) is 9.59 Å². The molecule has 3 atom stereocenters. The van der Waals surface area contributed by atoms with E-state index in [0.717, 1.165) is 30.0 Å². The standard InChI is InChI=1S/C20H31FN2O6S/c1-2-3-4-5-6-7-8-9-10-28-20(27)29-15-11-17(30-16(15)13-24)23-12-14(21)18(25)22-19(23)26/h12,15-17,24H,2-11,13H2,1H3,(H,22,25,26)/t15-,16+,17+/m0/s1. The summed E-state index contributed by atoms with van der Waals surface area (Å²) in [6.45, 7) is 2.18. The topological polar surface area (TPSA) is 111 Å². The third-order valence-electron chi connectivity index (χ3n) is 5.06. The second-order valence-corrected chi connectivity index (χ2v) is 8.84. The Morgan fingerprint density at radius 3 is 2.57 bits per heavy atom. The van der Waals surface area contributed by atoms with Gasteiger partial charge in [0, 0.05) is 6.42 Å². The van der Waals surface area contributed by atoms with Crippen LogP contribution in [0.5, 0.6) is 0 Å². The number of ether oxygens (including phenoxy) is 2. The monoisotopic (exact) mass is 446 g/mol. The summed E-state index contributed by atoms with van der Waals surface area (Å²) in [5, 5.41) is 8.50. The first kappa shape index (κ1) is 24.5. The molecule has 8 nitrogen and oxygen atoms in total. The number of aliphatic hydroxyl groups is 1. The van der Waals surface area contributed by atoms with Gasteiger partial charge in [-0.3, -0.25) is 14.3 Å². The highest BCUT2D eigenvalue weighted by atomic mass is 32.2. The fourth-order valence-corrected chi connectivity index (χ4v) is 4.80. The third-order valence-corrected chi connectivity index (χ3v) is 6.60. The van der Waals surface area contributed by atoms with Crippen molar-refractivity contribution in [1.29, 1.82) is 0 Å². The molecule has 0 amide bonds. The molecule has 1 aromatic rings. The lowest BCUT2D eigenvalue weighted by molar-refractivity contribution is 0.0163. The van der Waals surface area contributed by atoms with E-state index in [1.54, 1.807) is 0 Å². The maximum Gasteiger partial charge on any atom is 0.508 e. The Bertz CT molecular complexity index is 783. The molecule has 1 saturated heterocycles. The molecular formula is C20H31FN2O6S. The number of carbonyl (C=O) groups excluding carboxylic acids is 1. The molecule has 0 spiro atoms. The molecule has 30 heavy (non-hydrogen) atoms. The number of rotatable bonds is 12. The molecule has 170 valence electrons. The average molecular weight is 447 g/mol. The van der Waals surface area contributed by atoms with E-state index in [2.05, 4.69) is 6.92 Å². The summed E-state index contributed by atoms with van der Waals surface area (Å²) >= 11 is 1.18. The zero-order chi connectivity index (χ0) is 21.9. The minimum Gasteiger partial charge on any atom is -0.434 e. The molecular weight excluding hydrogens is 415 g/mol. The quantitative estimate of drug-likeness (QED) is 0.374. The molecule has 1 fully saturated rings. The van der Waals surface area contributed by atoms with Crippen molar-refractivity contribution in [2.45, 2.75) is 81.4 Å². The van der Waals surface area contributed by atoms with Crippen LogP contribution in [0.15, 0.2) is 15.8 Å². The molecule has 10 heteroatoms. The van der Waals surface area contributed by atoms with Gasteiger partial charge in [-0.2, -0.15) is 4.39 Å².